The number of fused-ring (bicyclic) bond motifs is 1. The monoisotopic (exact) mass is 476 g/mol. The van der Waals surface area contributed by atoms with E-state index in [1.165, 1.54) is 19.2 Å². The molecule has 1 saturated heterocycles. The quantitative estimate of drug-likeness (QED) is 0.292. The molecule has 2 aromatic carbocycles. The summed E-state index contributed by atoms with van der Waals surface area (Å²) < 4.78 is 21.6. The Morgan fingerprint density at radius 2 is 1.71 bits per heavy atom. The van der Waals surface area contributed by atoms with Gasteiger partial charge < -0.3 is 49.3 Å². The smallest absolute Gasteiger partial charge is 0.335 e. The van der Waals surface area contributed by atoms with Crippen molar-refractivity contribution in [1.29, 1.82) is 0 Å². The van der Waals surface area contributed by atoms with Crippen LogP contribution in [0.3, 0.4) is 0 Å². The van der Waals surface area contributed by atoms with E-state index in [1.54, 1.807) is 12.1 Å². The summed E-state index contributed by atoms with van der Waals surface area (Å²) in [5.41, 5.74) is -0.758. The lowest BCUT2D eigenvalue weighted by atomic mass is 9.99. The fraction of sp³-hybridized carbons (Fsp3) is 0.273. The van der Waals surface area contributed by atoms with Crippen LogP contribution in [0.4, 0.5) is 0 Å². The number of hydrogen-bond donors (Lipinski definition) is 6. The molecule has 1 fully saturated rings. The largest absolute Gasteiger partial charge is 0.507 e. The lowest BCUT2D eigenvalue weighted by molar-refractivity contribution is -0.271. The van der Waals surface area contributed by atoms with Gasteiger partial charge in [0.1, 0.15) is 41.0 Å². The van der Waals surface area contributed by atoms with Gasteiger partial charge in [0, 0.05) is 12.1 Å². The van der Waals surface area contributed by atoms with E-state index in [4.69, 9.17) is 18.6 Å². The Hall–Kier alpha value is -3.84. The van der Waals surface area contributed by atoms with E-state index in [2.05, 4.69) is 0 Å². The number of hydrogen-bond acceptors (Lipinski definition) is 11. The van der Waals surface area contributed by atoms with Crippen molar-refractivity contribution in [3.05, 3.63) is 46.6 Å². The molecule has 3 aromatic rings. The number of phenols is 2. The molecule has 0 amide bonds. The number of ether oxygens (including phenoxy) is 3. The zero-order valence-electron chi connectivity index (χ0n) is 17.5. The Kier molecular flexibility index (Phi) is 6.06. The molecule has 6 N–H and O–H groups in total. The average Bonchev–Trinajstić information content (AvgIpc) is 2.79. The first kappa shape index (κ1) is 23.3. The van der Waals surface area contributed by atoms with Gasteiger partial charge in [-0.3, -0.25) is 4.79 Å². The molecule has 12 heteroatoms. The summed E-state index contributed by atoms with van der Waals surface area (Å²) in [6.45, 7) is 0. The van der Waals surface area contributed by atoms with Crippen molar-refractivity contribution in [3.63, 3.8) is 0 Å². The standard InChI is InChI=1S/C22H20O12/c1-31-18-13(33-22-17(28)15(26)16(27)20(34-22)21(29)30)7-11(25)14-10(24)6-12(32-19(14)18)8-4-2-3-5-9(8)23/h2-7,15-17,20,22-23,25-28H,1H3,(H,29,30)/t15-,16-,17+,20-,22+/m0/s1. The third kappa shape index (κ3) is 3.88. The number of phenolic OH excluding ortho intramolecular Hbond substituents is 2. The SMILES string of the molecule is COc1c(O[C@@H]2O[C@H](C(=O)O)[C@@H](O)[C@H](O)[C@H]2O)cc(O)c2c(=O)cc(-c3ccccc3O)oc12. The number of aliphatic carboxylic acids is 1. The third-order valence-corrected chi connectivity index (χ3v) is 5.33. The molecule has 180 valence electrons. The van der Waals surface area contributed by atoms with Crippen LogP contribution in [0.1, 0.15) is 0 Å². The van der Waals surface area contributed by atoms with Crippen LogP contribution in [-0.2, 0) is 9.53 Å². The Bertz CT molecular complexity index is 1300. The summed E-state index contributed by atoms with van der Waals surface area (Å²) in [5.74, 6) is -2.99. The molecular weight excluding hydrogens is 456 g/mol. The second-order valence-corrected chi connectivity index (χ2v) is 7.48. The van der Waals surface area contributed by atoms with Crippen molar-refractivity contribution >= 4 is 16.9 Å². The van der Waals surface area contributed by atoms with Crippen molar-refractivity contribution in [3.8, 4) is 34.3 Å². The first-order valence-electron chi connectivity index (χ1n) is 9.89. The average molecular weight is 476 g/mol. The minimum atomic E-state index is -1.93. The van der Waals surface area contributed by atoms with Gasteiger partial charge in [-0.25, -0.2) is 4.79 Å². The van der Waals surface area contributed by atoms with Gasteiger partial charge in [-0.2, -0.15) is 0 Å². The van der Waals surface area contributed by atoms with Crippen molar-refractivity contribution in [2.45, 2.75) is 30.7 Å². The number of carboxylic acids is 1. The Labute approximate surface area is 190 Å². The molecule has 0 saturated carbocycles. The Morgan fingerprint density at radius 3 is 2.35 bits per heavy atom. The minimum Gasteiger partial charge on any atom is -0.507 e. The number of benzene rings is 2. The molecule has 2 heterocycles. The van der Waals surface area contributed by atoms with E-state index in [1.807, 2.05) is 0 Å². The highest BCUT2D eigenvalue weighted by Crippen LogP contribution is 2.43. The molecule has 1 aliphatic heterocycles. The molecule has 0 aliphatic carbocycles. The first-order valence-corrected chi connectivity index (χ1v) is 9.89. The van der Waals surface area contributed by atoms with Crippen LogP contribution in [0, 0.1) is 0 Å². The number of aromatic hydroxyl groups is 2. The fourth-order valence-electron chi connectivity index (χ4n) is 3.64. The lowest BCUT2D eigenvalue weighted by Crippen LogP contribution is -2.61. The van der Waals surface area contributed by atoms with Crippen LogP contribution in [-0.4, -0.2) is 74.4 Å². The fourth-order valence-corrected chi connectivity index (χ4v) is 3.64. The predicted octanol–water partition coefficient (Wildman–Crippen LogP) is 0.151. The van der Waals surface area contributed by atoms with E-state index in [0.29, 0.717) is 0 Å². The van der Waals surface area contributed by atoms with Gasteiger partial charge in [-0.15, -0.1) is 0 Å². The lowest BCUT2D eigenvalue weighted by Gasteiger charge is -2.38. The third-order valence-electron chi connectivity index (χ3n) is 5.33. The van der Waals surface area contributed by atoms with E-state index in [9.17, 15) is 40.2 Å². The summed E-state index contributed by atoms with van der Waals surface area (Å²) in [5, 5.41) is 59.6. The van der Waals surface area contributed by atoms with Gasteiger partial charge in [0.05, 0.1) is 12.7 Å². The second kappa shape index (κ2) is 8.83. The summed E-state index contributed by atoms with van der Waals surface area (Å²) in [4.78, 5) is 24.1. The van der Waals surface area contributed by atoms with E-state index in [-0.39, 0.29) is 39.5 Å². The molecule has 0 bridgehead atoms. The van der Waals surface area contributed by atoms with Crippen LogP contribution in [0.25, 0.3) is 22.3 Å². The number of para-hydroxylation sites is 1. The second-order valence-electron chi connectivity index (χ2n) is 7.48. The highest BCUT2D eigenvalue weighted by molar-refractivity contribution is 5.92. The highest BCUT2D eigenvalue weighted by atomic mass is 16.7. The van der Waals surface area contributed by atoms with Gasteiger partial charge in [-0.1, -0.05) is 12.1 Å². The first-order chi connectivity index (χ1) is 16.1. The maximum absolute atomic E-state index is 12.7. The van der Waals surface area contributed by atoms with Crippen molar-refractivity contribution in [1.82, 2.24) is 0 Å². The molecule has 12 nitrogen and oxygen atoms in total. The van der Waals surface area contributed by atoms with Crippen LogP contribution in [0.5, 0.6) is 23.0 Å². The van der Waals surface area contributed by atoms with Gasteiger partial charge in [0.25, 0.3) is 0 Å². The molecule has 1 aromatic heterocycles. The molecule has 34 heavy (non-hydrogen) atoms. The van der Waals surface area contributed by atoms with Crippen molar-refractivity contribution in [2.24, 2.45) is 0 Å². The number of aliphatic hydroxyl groups excluding tert-OH is 3. The van der Waals surface area contributed by atoms with Crippen molar-refractivity contribution in [2.75, 3.05) is 7.11 Å². The highest BCUT2D eigenvalue weighted by Gasteiger charge is 2.48. The van der Waals surface area contributed by atoms with Gasteiger partial charge in [0.15, 0.2) is 22.9 Å². The summed E-state index contributed by atoms with van der Waals surface area (Å²) in [6.07, 6.45) is -9.47. The topological polar surface area (TPSA) is 196 Å². The molecule has 0 spiro atoms. The number of carboxylic acid groups (broad SMARTS) is 1. The van der Waals surface area contributed by atoms with Crippen LogP contribution in [0.15, 0.2) is 45.6 Å². The zero-order chi connectivity index (χ0) is 24.7. The maximum atomic E-state index is 12.7. The number of aliphatic hydroxyl groups is 3. The number of methoxy groups -OCH3 is 1. The van der Waals surface area contributed by atoms with Crippen LogP contribution >= 0.6 is 0 Å². The Morgan fingerprint density at radius 1 is 1.00 bits per heavy atom. The summed E-state index contributed by atoms with van der Waals surface area (Å²) in [7, 11) is 1.20. The zero-order valence-corrected chi connectivity index (χ0v) is 17.5. The molecule has 4 rings (SSSR count). The maximum Gasteiger partial charge on any atom is 0.335 e. The van der Waals surface area contributed by atoms with Crippen molar-refractivity contribution < 1.29 is 54.1 Å². The molecular formula is C22H20O12. The number of carbonyl (C=O) groups is 1. The Balaban J connectivity index is 1.83. The van der Waals surface area contributed by atoms with Gasteiger partial charge in [-0.05, 0) is 12.1 Å². The minimum absolute atomic E-state index is 0.0520. The molecule has 0 unspecified atom stereocenters. The summed E-state index contributed by atoms with van der Waals surface area (Å²) in [6, 6.07) is 8.09. The molecule has 1 aliphatic rings. The predicted molar refractivity (Wildman–Crippen MR) is 113 cm³/mol. The summed E-state index contributed by atoms with van der Waals surface area (Å²) >= 11 is 0. The van der Waals surface area contributed by atoms with Gasteiger partial charge >= 0.3 is 5.97 Å². The van der Waals surface area contributed by atoms with E-state index >= 15 is 0 Å². The molecule has 0 radical (unpaired) electrons. The van der Waals surface area contributed by atoms with E-state index in [0.717, 1.165) is 12.1 Å². The van der Waals surface area contributed by atoms with Crippen LogP contribution < -0.4 is 14.9 Å². The molecule has 5 atom stereocenters. The normalized spacial score (nSPS) is 24.6. The van der Waals surface area contributed by atoms with Crippen LogP contribution in [0.2, 0.25) is 0 Å². The number of rotatable bonds is 5. The van der Waals surface area contributed by atoms with Gasteiger partial charge in [0.2, 0.25) is 12.0 Å². The van der Waals surface area contributed by atoms with E-state index < -0.39 is 47.9 Å².